The molecule has 7 nitrogen and oxygen atoms in total. The second-order valence-corrected chi connectivity index (χ2v) is 12.6. The first-order valence-electron chi connectivity index (χ1n) is 11.3. The molecular weight excluding hydrogens is 548 g/mol. The molecule has 1 aliphatic rings. The predicted molar refractivity (Wildman–Crippen MR) is 146 cm³/mol. The molecule has 1 aromatic heterocycles. The Morgan fingerprint density at radius 2 is 1.97 bits per heavy atom. The van der Waals surface area contributed by atoms with Crippen LogP contribution in [0.25, 0.3) is 10.8 Å². The normalized spacial score (nSPS) is 15.7. The quantitative estimate of drug-likeness (QED) is 0.274. The van der Waals surface area contributed by atoms with E-state index in [2.05, 4.69) is 42.3 Å². The van der Waals surface area contributed by atoms with Gasteiger partial charge in [-0.05, 0) is 83.6 Å². The molecular formula is C25H29BrN4O3S2. The molecule has 1 aliphatic heterocycles. The Bertz CT molecular complexity index is 1320. The van der Waals surface area contributed by atoms with E-state index < -0.39 is 10.0 Å². The maximum absolute atomic E-state index is 12.6. The van der Waals surface area contributed by atoms with E-state index in [9.17, 15) is 8.42 Å². The topological polar surface area (TPSA) is 75.1 Å². The summed E-state index contributed by atoms with van der Waals surface area (Å²) in [6, 6.07) is 11.3. The molecule has 3 aromatic rings. The minimum absolute atomic E-state index is 0.174. The Labute approximate surface area is 219 Å². The average Bonchev–Trinajstić information content (AvgIpc) is 2.84. The summed E-state index contributed by atoms with van der Waals surface area (Å²) in [7, 11) is 1.31. The zero-order valence-corrected chi connectivity index (χ0v) is 23.2. The van der Waals surface area contributed by atoms with Crippen LogP contribution in [-0.2, 0) is 16.6 Å². The number of piperidine rings is 1. The van der Waals surface area contributed by atoms with Gasteiger partial charge in [0.1, 0.15) is 12.1 Å². The van der Waals surface area contributed by atoms with Crippen molar-refractivity contribution in [2.24, 2.45) is 4.40 Å². The van der Waals surface area contributed by atoms with E-state index in [0.29, 0.717) is 17.5 Å². The number of likely N-dealkylation sites (tertiary alicyclic amines) is 1. The van der Waals surface area contributed by atoms with E-state index in [1.165, 1.54) is 16.6 Å². The third-order valence-electron chi connectivity index (χ3n) is 5.88. The fraction of sp³-hybridized carbons (Fsp3) is 0.360. The summed E-state index contributed by atoms with van der Waals surface area (Å²) in [5.74, 6) is 0.687. The number of sulfonamides is 1. The molecule has 0 N–H and O–H groups in total. The van der Waals surface area contributed by atoms with Gasteiger partial charge in [0, 0.05) is 58.6 Å². The molecule has 10 heteroatoms. The van der Waals surface area contributed by atoms with Gasteiger partial charge < -0.3 is 9.64 Å². The van der Waals surface area contributed by atoms with Crippen molar-refractivity contribution < 1.29 is 13.2 Å². The Hall–Kier alpha value is -2.14. The Morgan fingerprint density at radius 1 is 1.20 bits per heavy atom. The molecule has 35 heavy (non-hydrogen) atoms. The maximum atomic E-state index is 12.6. The number of aromatic nitrogens is 1. The van der Waals surface area contributed by atoms with Crippen LogP contribution in [0.5, 0.6) is 5.75 Å². The number of hydrogen-bond acceptors (Lipinski definition) is 6. The molecule has 0 atom stereocenters. The third kappa shape index (κ3) is 6.55. The van der Waals surface area contributed by atoms with E-state index in [4.69, 9.17) is 4.74 Å². The van der Waals surface area contributed by atoms with Crippen molar-refractivity contribution in [3.63, 3.8) is 0 Å². The Balaban J connectivity index is 1.42. The fourth-order valence-electron chi connectivity index (χ4n) is 4.04. The molecule has 0 amide bonds. The van der Waals surface area contributed by atoms with Gasteiger partial charge in [-0.3, -0.25) is 9.88 Å². The molecule has 0 aliphatic carbocycles. The summed E-state index contributed by atoms with van der Waals surface area (Å²) in [5.41, 5.74) is 0.852. The van der Waals surface area contributed by atoms with Crippen molar-refractivity contribution in [3.8, 4) is 5.75 Å². The minimum Gasteiger partial charge on any atom is -0.496 e. The van der Waals surface area contributed by atoms with Gasteiger partial charge in [0.2, 0.25) is 0 Å². The molecule has 4 rings (SSSR count). The van der Waals surface area contributed by atoms with Crippen molar-refractivity contribution in [1.29, 1.82) is 0 Å². The zero-order valence-electron chi connectivity index (χ0n) is 20.0. The highest BCUT2D eigenvalue weighted by Crippen LogP contribution is 2.37. The molecule has 2 aromatic carbocycles. The highest BCUT2D eigenvalue weighted by atomic mass is 79.9. The largest absolute Gasteiger partial charge is 0.496 e. The summed E-state index contributed by atoms with van der Waals surface area (Å²) < 4.78 is 35.6. The summed E-state index contributed by atoms with van der Waals surface area (Å²) in [6.07, 6.45) is 7.12. The van der Waals surface area contributed by atoms with Crippen molar-refractivity contribution in [2.75, 3.05) is 34.3 Å². The summed E-state index contributed by atoms with van der Waals surface area (Å²) in [5, 5.41) is 2.85. The van der Waals surface area contributed by atoms with E-state index in [-0.39, 0.29) is 4.90 Å². The first-order valence-corrected chi connectivity index (χ1v) is 14.4. The number of halogens is 1. The summed E-state index contributed by atoms with van der Waals surface area (Å²) >= 11 is 5.64. The average molecular weight is 578 g/mol. The standard InChI is InChI=1S/C25H29BrN4O3S2/c1-29(2)17-28-35(31,32)22-4-5-24(33-3)20(12-22)16-30-10-7-21(8-11-30)34-25-14-18-6-9-27-15-19(18)13-23(25)26/h4-6,9,12-15,17,21H,7-8,10-11,16H2,1-3H3/b28-17+. The van der Waals surface area contributed by atoms with Crippen molar-refractivity contribution in [1.82, 2.24) is 14.8 Å². The fourth-order valence-corrected chi connectivity index (χ4v) is 6.82. The monoisotopic (exact) mass is 576 g/mol. The number of thioether (sulfide) groups is 1. The van der Waals surface area contributed by atoms with Crippen LogP contribution < -0.4 is 4.74 Å². The number of methoxy groups -OCH3 is 1. The van der Waals surface area contributed by atoms with Crippen molar-refractivity contribution >= 4 is 54.8 Å². The first-order chi connectivity index (χ1) is 16.7. The van der Waals surface area contributed by atoms with E-state index in [0.717, 1.165) is 41.4 Å². The van der Waals surface area contributed by atoms with E-state index in [1.807, 2.05) is 30.2 Å². The van der Waals surface area contributed by atoms with Crippen molar-refractivity contribution in [3.05, 3.63) is 58.8 Å². The lowest BCUT2D eigenvalue weighted by molar-refractivity contribution is 0.222. The van der Waals surface area contributed by atoms with E-state index >= 15 is 0 Å². The van der Waals surface area contributed by atoms with Gasteiger partial charge in [-0.25, -0.2) is 0 Å². The highest BCUT2D eigenvalue weighted by Gasteiger charge is 2.23. The lowest BCUT2D eigenvalue weighted by Gasteiger charge is -2.32. The van der Waals surface area contributed by atoms with Crippen LogP contribution in [0.3, 0.4) is 0 Å². The van der Waals surface area contributed by atoms with Crippen LogP contribution >= 0.6 is 27.7 Å². The number of nitrogens with zero attached hydrogens (tertiary/aromatic N) is 4. The third-order valence-corrected chi connectivity index (χ3v) is 9.42. The van der Waals surface area contributed by atoms with Crippen LogP contribution in [0.1, 0.15) is 18.4 Å². The van der Waals surface area contributed by atoms with Gasteiger partial charge in [0.25, 0.3) is 10.0 Å². The van der Waals surface area contributed by atoms with Crippen LogP contribution in [0.2, 0.25) is 0 Å². The van der Waals surface area contributed by atoms with E-state index in [1.54, 1.807) is 44.3 Å². The van der Waals surface area contributed by atoms with Crippen molar-refractivity contribution in [2.45, 2.75) is 34.4 Å². The summed E-state index contributed by atoms with van der Waals surface area (Å²) in [4.78, 5) is 9.58. The van der Waals surface area contributed by atoms with Gasteiger partial charge in [0.05, 0.1) is 12.0 Å². The van der Waals surface area contributed by atoms with Crippen LogP contribution in [0.15, 0.2) is 67.5 Å². The molecule has 1 fully saturated rings. The predicted octanol–water partition coefficient (Wildman–Crippen LogP) is 5.04. The number of pyridine rings is 1. The highest BCUT2D eigenvalue weighted by molar-refractivity contribution is 9.10. The lowest BCUT2D eigenvalue weighted by atomic mass is 10.1. The SMILES string of the molecule is COc1ccc(S(=O)(=O)/N=C/N(C)C)cc1CN1CCC(Sc2cc3ccncc3cc2Br)CC1. The number of rotatable bonds is 8. The zero-order chi connectivity index (χ0) is 25.0. The smallest absolute Gasteiger partial charge is 0.283 e. The Morgan fingerprint density at radius 3 is 2.69 bits per heavy atom. The molecule has 0 radical (unpaired) electrons. The van der Waals surface area contributed by atoms with Gasteiger partial charge in [-0.1, -0.05) is 0 Å². The van der Waals surface area contributed by atoms with Crippen LogP contribution in [-0.4, -0.2) is 69.1 Å². The number of fused-ring (bicyclic) bond motifs is 1. The lowest BCUT2D eigenvalue weighted by Crippen LogP contribution is -2.34. The molecule has 186 valence electrons. The van der Waals surface area contributed by atoms with Gasteiger partial charge in [-0.2, -0.15) is 8.42 Å². The number of ether oxygens (including phenoxy) is 1. The van der Waals surface area contributed by atoms with Crippen LogP contribution in [0, 0.1) is 0 Å². The molecule has 2 heterocycles. The second kappa shape index (κ2) is 11.3. The maximum Gasteiger partial charge on any atom is 0.283 e. The molecule has 0 saturated carbocycles. The molecule has 1 saturated heterocycles. The second-order valence-electron chi connectivity index (χ2n) is 8.73. The molecule has 0 spiro atoms. The first kappa shape index (κ1) is 25.9. The van der Waals surface area contributed by atoms with Crippen LogP contribution in [0.4, 0.5) is 0 Å². The number of hydrogen-bond donors (Lipinski definition) is 0. The number of benzene rings is 2. The van der Waals surface area contributed by atoms with Gasteiger partial charge in [0.15, 0.2) is 0 Å². The summed E-state index contributed by atoms with van der Waals surface area (Å²) in [6.45, 7) is 2.51. The Kier molecular flexibility index (Phi) is 8.36. The molecule has 0 unspecified atom stereocenters. The molecule has 0 bridgehead atoms. The van der Waals surface area contributed by atoms with Gasteiger partial charge >= 0.3 is 0 Å². The van der Waals surface area contributed by atoms with Gasteiger partial charge in [-0.15, -0.1) is 16.2 Å². The minimum atomic E-state index is -3.76.